The molecular weight excluding hydrogens is 261 g/mol. The van der Waals surface area contributed by atoms with Gasteiger partial charge in [-0.25, -0.2) is 4.98 Å². The van der Waals surface area contributed by atoms with E-state index in [1.165, 1.54) is 0 Å². The second kappa shape index (κ2) is 7.83. The minimum Gasteiger partial charge on any atom is -0.478 e. The quantitative estimate of drug-likeness (QED) is 0.743. The first-order valence-corrected chi connectivity index (χ1v) is 5.98. The van der Waals surface area contributed by atoms with Crippen LogP contribution in [-0.4, -0.2) is 37.5 Å². The van der Waals surface area contributed by atoms with Crippen molar-refractivity contribution in [1.29, 1.82) is 0 Å². The molecule has 0 fully saturated rings. The molecule has 108 valence electrons. The smallest absolute Gasteiger partial charge is 0.411 e. The summed E-state index contributed by atoms with van der Waals surface area (Å²) < 4.78 is 45.0. The average molecular weight is 278 g/mol. The molecule has 7 heteroatoms. The molecule has 1 rings (SSSR count). The molecule has 0 aliphatic rings. The van der Waals surface area contributed by atoms with E-state index < -0.39 is 12.8 Å². The van der Waals surface area contributed by atoms with Crippen LogP contribution in [0.2, 0.25) is 0 Å². The zero-order valence-corrected chi connectivity index (χ0v) is 10.7. The van der Waals surface area contributed by atoms with Crippen molar-refractivity contribution in [2.24, 2.45) is 0 Å². The molecule has 0 amide bonds. The van der Waals surface area contributed by atoms with Crippen LogP contribution in [-0.2, 0) is 4.74 Å². The molecular formula is C12H17F3N2O2. The Morgan fingerprint density at radius 2 is 2.11 bits per heavy atom. The lowest BCUT2D eigenvalue weighted by Gasteiger charge is -2.09. The molecule has 0 aliphatic heterocycles. The van der Waals surface area contributed by atoms with Crippen LogP contribution in [0.4, 0.5) is 18.9 Å². The Hall–Kier alpha value is -1.50. The topological polar surface area (TPSA) is 43.4 Å². The molecule has 0 saturated heterocycles. The van der Waals surface area contributed by atoms with Crippen molar-refractivity contribution in [3.05, 3.63) is 18.3 Å². The minimum absolute atomic E-state index is 0.0664. The second-order valence-corrected chi connectivity index (χ2v) is 3.77. The molecule has 0 radical (unpaired) electrons. The second-order valence-electron chi connectivity index (χ2n) is 3.77. The van der Waals surface area contributed by atoms with Gasteiger partial charge in [-0.1, -0.05) is 0 Å². The number of halogens is 3. The molecule has 1 heterocycles. The average Bonchev–Trinajstić information content (AvgIpc) is 2.35. The molecule has 0 aliphatic carbocycles. The van der Waals surface area contributed by atoms with Gasteiger partial charge in [-0.05, 0) is 19.4 Å². The van der Waals surface area contributed by atoms with Crippen LogP contribution in [0.1, 0.15) is 13.3 Å². The number of nitrogens with one attached hydrogen (secondary N) is 1. The Bertz CT molecular complexity index is 355. The highest BCUT2D eigenvalue weighted by Gasteiger charge is 2.27. The van der Waals surface area contributed by atoms with Crippen LogP contribution in [0, 0.1) is 0 Å². The monoisotopic (exact) mass is 278 g/mol. The normalized spacial score (nSPS) is 11.4. The van der Waals surface area contributed by atoms with E-state index in [1.54, 1.807) is 18.3 Å². The summed E-state index contributed by atoms with van der Waals surface area (Å²) in [5.74, 6) is 0.543. The van der Waals surface area contributed by atoms with Crippen molar-refractivity contribution in [1.82, 2.24) is 4.98 Å². The first-order chi connectivity index (χ1) is 9.01. The number of aromatic nitrogens is 1. The number of anilines is 1. The van der Waals surface area contributed by atoms with Crippen LogP contribution in [0.5, 0.6) is 5.88 Å². The maximum absolute atomic E-state index is 11.8. The number of ether oxygens (including phenoxy) is 2. The van der Waals surface area contributed by atoms with Crippen molar-refractivity contribution >= 4 is 5.69 Å². The van der Waals surface area contributed by atoms with Gasteiger partial charge in [0.15, 0.2) is 0 Å². The fraction of sp³-hybridized carbons (Fsp3) is 0.583. The van der Waals surface area contributed by atoms with Gasteiger partial charge < -0.3 is 14.8 Å². The minimum atomic E-state index is -4.26. The molecule has 0 aromatic carbocycles. The molecule has 0 spiro atoms. The first kappa shape index (κ1) is 15.6. The van der Waals surface area contributed by atoms with E-state index in [9.17, 15) is 13.2 Å². The summed E-state index contributed by atoms with van der Waals surface area (Å²) in [6, 6.07) is 3.53. The van der Waals surface area contributed by atoms with Crippen molar-refractivity contribution in [3.8, 4) is 5.88 Å². The van der Waals surface area contributed by atoms with E-state index in [1.807, 2.05) is 6.92 Å². The van der Waals surface area contributed by atoms with Gasteiger partial charge in [-0.3, -0.25) is 0 Å². The summed E-state index contributed by atoms with van der Waals surface area (Å²) in [6.45, 7) is 1.81. The third-order valence-corrected chi connectivity index (χ3v) is 2.09. The molecule has 1 N–H and O–H groups in total. The van der Waals surface area contributed by atoms with Gasteiger partial charge in [0.05, 0.1) is 18.5 Å². The third kappa shape index (κ3) is 7.50. The Balaban J connectivity index is 2.12. The van der Waals surface area contributed by atoms with E-state index in [-0.39, 0.29) is 6.61 Å². The molecule has 0 saturated carbocycles. The highest BCUT2D eigenvalue weighted by atomic mass is 19.4. The van der Waals surface area contributed by atoms with Gasteiger partial charge in [-0.2, -0.15) is 13.2 Å². The molecule has 1 aromatic rings. The Morgan fingerprint density at radius 3 is 2.68 bits per heavy atom. The number of rotatable bonds is 8. The van der Waals surface area contributed by atoms with E-state index in [0.29, 0.717) is 25.5 Å². The van der Waals surface area contributed by atoms with E-state index in [4.69, 9.17) is 4.74 Å². The maximum atomic E-state index is 11.8. The summed E-state index contributed by atoms with van der Waals surface area (Å²) in [4.78, 5) is 4.05. The Labute approximate surface area is 109 Å². The van der Waals surface area contributed by atoms with E-state index in [2.05, 4.69) is 15.0 Å². The molecule has 19 heavy (non-hydrogen) atoms. The van der Waals surface area contributed by atoms with Crippen LogP contribution < -0.4 is 10.1 Å². The SMILES string of the molecule is CCOc1ccc(NCCCOCC(F)(F)F)cn1. The maximum Gasteiger partial charge on any atom is 0.411 e. The Kier molecular flexibility index (Phi) is 6.41. The van der Waals surface area contributed by atoms with Gasteiger partial charge in [0.1, 0.15) is 6.61 Å². The summed E-state index contributed by atoms with van der Waals surface area (Å²) in [6.07, 6.45) is -2.16. The van der Waals surface area contributed by atoms with Crippen molar-refractivity contribution < 1.29 is 22.6 Å². The number of alkyl halides is 3. The van der Waals surface area contributed by atoms with Crippen LogP contribution in [0.3, 0.4) is 0 Å². The largest absolute Gasteiger partial charge is 0.478 e. The summed E-state index contributed by atoms with van der Waals surface area (Å²) in [7, 11) is 0. The van der Waals surface area contributed by atoms with Crippen molar-refractivity contribution in [2.45, 2.75) is 19.5 Å². The predicted octanol–water partition coefficient (Wildman–Crippen LogP) is 2.86. The molecule has 0 unspecified atom stereocenters. The zero-order valence-electron chi connectivity index (χ0n) is 10.7. The number of hydrogen-bond acceptors (Lipinski definition) is 4. The van der Waals surface area contributed by atoms with E-state index >= 15 is 0 Å². The van der Waals surface area contributed by atoms with Crippen molar-refractivity contribution in [2.75, 3.05) is 31.7 Å². The molecule has 0 atom stereocenters. The van der Waals surface area contributed by atoms with Crippen LogP contribution in [0.25, 0.3) is 0 Å². The van der Waals surface area contributed by atoms with Gasteiger partial charge >= 0.3 is 6.18 Å². The molecule has 4 nitrogen and oxygen atoms in total. The number of nitrogens with zero attached hydrogens (tertiary/aromatic N) is 1. The van der Waals surface area contributed by atoms with Crippen LogP contribution >= 0.6 is 0 Å². The summed E-state index contributed by atoms with van der Waals surface area (Å²) >= 11 is 0. The zero-order chi connectivity index (χ0) is 14.1. The fourth-order valence-electron chi connectivity index (χ4n) is 1.31. The molecule has 0 bridgehead atoms. The van der Waals surface area contributed by atoms with E-state index in [0.717, 1.165) is 5.69 Å². The van der Waals surface area contributed by atoms with Gasteiger partial charge in [-0.15, -0.1) is 0 Å². The highest BCUT2D eigenvalue weighted by molar-refractivity contribution is 5.41. The lowest BCUT2D eigenvalue weighted by Crippen LogP contribution is -2.18. The first-order valence-electron chi connectivity index (χ1n) is 5.98. The van der Waals surface area contributed by atoms with Crippen LogP contribution in [0.15, 0.2) is 18.3 Å². The summed E-state index contributed by atoms with van der Waals surface area (Å²) in [5, 5.41) is 3.03. The molecule has 1 aromatic heterocycles. The van der Waals surface area contributed by atoms with Gasteiger partial charge in [0, 0.05) is 19.2 Å². The predicted molar refractivity (Wildman–Crippen MR) is 65.4 cm³/mol. The number of hydrogen-bond donors (Lipinski definition) is 1. The lowest BCUT2D eigenvalue weighted by atomic mass is 10.4. The summed E-state index contributed by atoms with van der Waals surface area (Å²) in [5.41, 5.74) is 0.791. The van der Waals surface area contributed by atoms with Gasteiger partial charge in [0.2, 0.25) is 5.88 Å². The van der Waals surface area contributed by atoms with Crippen molar-refractivity contribution in [3.63, 3.8) is 0 Å². The Morgan fingerprint density at radius 1 is 1.32 bits per heavy atom. The van der Waals surface area contributed by atoms with Gasteiger partial charge in [0.25, 0.3) is 0 Å². The highest BCUT2D eigenvalue weighted by Crippen LogP contribution is 2.14. The fourth-order valence-corrected chi connectivity index (χ4v) is 1.31. The number of pyridine rings is 1. The standard InChI is InChI=1S/C12H17F3N2O2/c1-2-19-11-5-4-10(8-17-11)16-6-3-7-18-9-12(13,14)15/h4-5,8,16H,2-3,6-7,9H2,1H3. The third-order valence-electron chi connectivity index (χ3n) is 2.09. The lowest BCUT2D eigenvalue weighted by molar-refractivity contribution is -0.173.